The summed E-state index contributed by atoms with van der Waals surface area (Å²) in [6.45, 7) is 2.37. The smallest absolute Gasteiger partial charge is 0.248 e. The van der Waals surface area contributed by atoms with Gasteiger partial charge < -0.3 is 10.6 Å². The fourth-order valence-electron chi connectivity index (χ4n) is 2.30. The van der Waals surface area contributed by atoms with Gasteiger partial charge in [0, 0.05) is 32.5 Å². The molecule has 1 heterocycles. The maximum atomic E-state index is 13.1. The van der Waals surface area contributed by atoms with Crippen LogP contribution >= 0.6 is 0 Å². The molecular formula is C11H19F2N3. The molecule has 2 fully saturated rings. The molecular weight excluding hydrogens is 212 g/mol. The first-order valence-electron chi connectivity index (χ1n) is 5.99. The normalized spacial score (nSPS) is 30.0. The van der Waals surface area contributed by atoms with Crippen molar-refractivity contribution in [2.75, 3.05) is 19.6 Å². The first-order valence-corrected chi connectivity index (χ1v) is 5.99. The van der Waals surface area contributed by atoms with Gasteiger partial charge in [0.2, 0.25) is 5.92 Å². The van der Waals surface area contributed by atoms with Crippen molar-refractivity contribution in [2.45, 2.75) is 38.0 Å². The first-order chi connectivity index (χ1) is 7.57. The van der Waals surface area contributed by atoms with Gasteiger partial charge >= 0.3 is 0 Å². The number of hydrogen-bond donors (Lipinski definition) is 1. The Kier molecular flexibility index (Phi) is 3.30. The molecule has 2 N–H and O–H groups in total. The van der Waals surface area contributed by atoms with E-state index in [1.165, 1.54) is 0 Å². The van der Waals surface area contributed by atoms with Gasteiger partial charge in [-0.1, -0.05) is 0 Å². The summed E-state index contributed by atoms with van der Waals surface area (Å²) in [5.74, 6) is -1.95. The molecule has 1 saturated carbocycles. The van der Waals surface area contributed by atoms with Crippen molar-refractivity contribution in [1.82, 2.24) is 4.90 Å². The van der Waals surface area contributed by atoms with Gasteiger partial charge in [0.05, 0.1) is 0 Å². The summed E-state index contributed by atoms with van der Waals surface area (Å²) in [5.41, 5.74) is 5.75. The van der Waals surface area contributed by atoms with Gasteiger partial charge in [-0.15, -0.1) is 0 Å². The summed E-state index contributed by atoms with van der Waals surface area (Å²) in [4.78, 5) is 6.21. The Morgan fingerprint density at radius 1 is 1.38 bits per heavy atom. The third-order valence-electron chi connectivity index (χ3n) is 3.43. The number of nitrogens with zero attached hydrogens (tertiary/aromatic N) is 2. The quantitative estimate of drug-likeness (QED) is 0.582. The molecule has 1 atom stereocenters. The summed E-state index contributed by atoms with van der Waals surface area (Å²) in [7, 11) is 0. The van der Waals surface area contributed by atoms with Crippen molar-refractivity contribution in [2.24, 2.45) is 16.6 Å². The third kappa shape index (κ3) is 2.83. The van der Waals surface area contributed by atoms with Crippen LogP contribution in [0.4, 0.5) is 8.78 Å². The van der Waals surface area contributed by atoms with Crippen molar-refractivity contribution in [3.63, 3.8) is 0 Å². The van der Waals surface area contributed by atoms with Crippen LogP contribution in [0.1, 0.15) is 32.1 Å². The second-order valence-corrected chi connectivity index (χ2v) is 4.86. The van der Waals surface area contributed by atoms with Gasteiger partial charge in [-0.3, -0.25) is 4.99 Å². The lowest BCUT2D eigenvalue weighted by atomic mass is 9.86. The molecule has 1 unspecified atom stereocenters. The highest BCUT2D eigenvalue weighted by atomic mass is 19.3. The maximum absolute atomic E-state index is 13.1. The van der Waals surface area contributed by atoms with Gasteiger partial charge in [0.1, 0.15) is 0 Å². The lowest BCUT2D eigenvalue weighted by Gasteiger charge is -2.32. The molecule has 3 nitrogen and oxygen atoms in total. The Labute approximate surface area is 94.7 Å². The summed E-state index contributed by atoms with van der Waals surface area (Å²) >= 11 is 0. The van der Waals surface area contributed by atoms with Crippen LogP contribution in [0.15, 0.2) is 4.99 Å². The molecule has 0 aromatic heterocycles. The van der Waals surface area contributed by atoms with E-state index in [1.807, 2.05) is 4.90 Å². The summed E-state index contributed by atoms with van der Waals surface area (Å²) < 4.78 is 26.2. The van der Waals surface area contributed by atoms with Gasteiger partial charge in [0.25, 0.3) is 0 Å². The molecule has 2 rings (SSSR count). The van der Waals surface area contributed by atoms with Crippen molar-refractivity contribution in [3.8, 4) is 0 Å². The van der Waals surface area contributed by atoms with Crippen LogP contribution in [-0.2, 0) is 0 Å². The first kappa shape index (κ1) is 11.6. The fraction of sp³-hybridized carbons (Fsp3) is 0.909. The molecule has 0 aromatic carbocycles. The van der Waals surface area contributed by atoms with E-state index in [0.29, 0.717) is 18.9 Å². The summed E-state index contributed by atoms with van der Waals surface area (Å²) in [6.07, 6.45) is 2.62. The molecule has 92 valence electrons. The standard InChI is InChI=1S/C11H19F2N3/c12-11(13)4-1-3-9(7-11)8-15-10(14)16-5-2-6-16/h9H,1-8H2,(H2,14,15). The SMILES string of the molecule is NC(=NCC1CCCC(F)(F)C1)N1CCC1. The number of likely N-dealkylation sites (tertiary alicyclic amines) is 1. The number of halogens is 2. The topological polar surface area (TPSA) is 41.6 Å². The molecule has 1 saturated heterocycles. The van der Waals surface area contributed by atoms with Crippen LogP contribution in [0.3, 0.4) is 0 Å². The molecule has 16 heavy (non-hydrogen) atoms. The maximum Gasteiger partial charge on any atom is 0.248 e. The largest absolute Gasteiger partial charge is 0.370 e. The van der Waals surface area contributed by atoms with E-state index in [-0.39, 0.29) is 18.8 Å². The van der Waals surface area contributed by atoms with Crippen molar-refractivity contribution < 1.29 is 8.78 Å². The number of aliphatic imine (C=N–C) groups is 1. The second-order valence-electron chi connectivity index (χ2n) is 4.86. The monoisotopic (exact) mass is 231 g/mol. The van der Waals surface area contributed by atoms with E-state index in [1.54, 1.807) is 0 Å². The van der Waals surface area contributed by atoms with Crippen LogP contribution in [0.25, 0.3) is 0 Å². The van der Waals surface area contributed by atoms with Crippen LogP contribution in [0, 0.1) is 5.92 Å². The van der Waals surface area contributed by atoms with Gasteiger partial charge in [-0.2, -0.15) is 0 Å². The predicted molar refractivity (Wildman–Crippen MR) is 59.6 cm³/mol. The minimum Gasteiger partial charge on any atom is -0.370 e. The van der Waals surface area contributed by atoms with Crippen molar-refractivity contribution >= 4 is 5.96 Å². The van der Waals surface area contributed by atoms with Crippen LogP contribution in [0.2, 0.25) is 0 Å². The molecule has 0 radical (unpaired) electrons. The average molecular weight is 231 g/mol. The number of guanidine groups is 1. The zero-order valence-electron chi connectivity index (χ0n) is 9.46. The Morgan fingerprint density at radius 2 is 2.12 bits per heavy atom. The van der Waals surface area contributed by atoms with E-state index >= 15 is 0 Å². The Bertz CT molecular complexity index is 274. The van der Waals surface area contributed by atoms with Crippen LogP contribution < -0.4 is 5.73 Å². The summed E-state index contributed by atoms with van der Waals surface area (Å²) in [5, 5.41) is 0. The fourth-order valence-corrected chi connectivity index (χ4v) is 2.30. The van der Waals surface area contributed by atoms with E-state index < -0.39 is 5.92 Å². The predicted octanol–water partition coefficient (Wildman–Crippen LogP) is 1.83. The van der Waals surface area contributed by atoms with Crippen LogP contribution in [-0.4, -0.2) is 36.4 Å². The van der Waals surface area contributed by atoms with Crippen molar-refractivity contribution in [3.05, 3.63) is 0 Å². The molecule has 0 spiro atoms. The zero-order chi connectivity index (χ0) is 11.6. The number of hydrogen-bond acceptors (Lipinski definition) is 1. The number of alkyl halides is 2. The third-order valence-corrected chi connectivity index (χ3v) is 3.43. The van der Waals surface area contributed by atoms with Gasteiger partial charge in [0.15, 0.2) is 5.96 Å². The van der Waals surface area contributed by atoms with E-state index in [4.69, 9.17) is 5.73 Å². The Hall–Kier alpha value is -0.870. The number of rotatable bonds is 2. The molecule has 0 aromatic rings. The average Bonchev–Trinajstić information content (AvgIpc) is 2.10. The minimum atomic E-state index is -2.48. The van der Waals surface area contributed by atoms with E-state index in [2.05, 4.69) is 4.99 Å². The molecule has 2 aliphatic rings. The Balaban J connectivity index is 1.80. The molecule has 5 heteroatoms. The Morgan fingerprint density at radius 3 is 2.69 bits per heavy atom. The highest BCUT2D eigenvalue weighted by Gasteiger charge is 2.36. The second kappa shape index (κ2) is 4.55. The summed E-state index contributed by atoms with van der Waals surface area (Å²) in [6, 6.07) is 0. The van der Waals surface area contributed by atoms with Crippen LogP contribution in [0.5, 0.6) is 0 Å². The molecule has 1 aliphatic carbocycles. The van der Waals surface area contributed by atoms with E-state index in [9.17, 15) is 8.78 Å². The molecule has 0 bridgehead atoms. The molecule has 1 aliphatic heterocycles. The number of nitrogens with two attached hydrogens (primary N) is 1. The lowest BCUT2D eigenvalue weighted by Crippen LogP contribution is -2.46. The molecule has 0 amide bonds. The van der Waals surface area contributed by atoms with Gasteiger partial charge in [-0.25, -0.2) is 8.78 Å². The van der Waals surface area contributed by atoms with Gasteiger partial charge in [-0.05, 0) is 25.2 Å². The highest BCUT2D eigenvalue weighted by molar-refractivity contribution is 5.78. The highest BCUT2D eigenvalue weighted by Crippen LogP contribution is 2.36. The lowest BCUT2D eigenvalue weighted by molar-refractivity contribution is -0.0508. The van der Waals surface area contributed by atoms with Crippen molar-refractivity contribution in [1.29, 1.82) is 0 Å². The zero-order valence-corrected chi connectivity index (χ0v) is 9.46. The van der Waals surface area contributed by atoms with E-state index in [0.717, 1.165) is 25.9 Å². The minimum absolute atomic E-state index is 0.00331.